The van der Waals surface area contributed by atoms with Crippen LogP contribution in [0.5, 0.6) is 0 Å². The summed E-state index contributed by atoms with van der Waals surface area (Å²) in [6.45, 7) is 4.98. The average Bonchev–Trinajstić information content (AvgIpc) is 2.74. The molecule has 4 nitrogen and oxygen atoms in total. The maximum absolute atomic E-state index is 14.2. The molecule has 2 aromatic rings. The van der Waals surface area contributed by atoms with E-state index in [2.05, 4.69) is 16.2 Å². The first-order valence-corrected chi connectivity index (χ1v) is 6.46. The summed E-state index contributed by atoms with van der Waals surface area (Å²) in [6.07, 6.45) is 1.94. The van der Waals surface area contributed by atoms with Crippen LogP contribution in [-0.2, 0) is 13.0 Å². The highest BCUT2D eigenvalue weighted by molar-refractivity contribution is 5.57. The Morgan fingerprint density at radius 3 is 2.95 bits per heavy atom. The summed E-state index contributed by atoms with van der Waals surface area (Å²) in [5.74, 6) is 0.980. The molecule has 19 heavy (non-hydrogen) atoms. The van der Waals surface area contributed by atoms with Gasteiger partial charge in [0.05, 0.1) is 12.2 Å². The molecular weight excluding hydrogens is 245 g/mol. The predicted molar refractivity (Wildman–Crippen MR) is 69.5 cm³/mol. The van der Waals surface area contributed by atoms with Crippen molar-refractivity contribution in [2.45, 2.75) is 33.2 Å². The standard InChI is InChI=1S/C14H16FN3O/c1-9-6-11-4-3-5-18(14(11)12(15)7-9)8-13-16-10(2)17-19-13/h6-7H,3-5,8H2,1-2H3. The molecule has 0 saturated carbocycles. The van der Waals surface area contributed by atoms with E-state index >= 15 is 0 Å². The van der Waals surface area contributed by atoms with Crippen molar-refractivity contribution >= 4 is 5.69 Å². The van der Waals surface area contributed by atoms with Crippen LogP contribution in [0.1, 0.15) is 29.3 Å². The predicted octanol–water partition coefficient (Wildman–Crippen LogP) is 2.78. The molecule has 1 aliphatic heterocycles. The topological polar surface area (TPSA) is 42.2 Å². The third-order valence-electron chi connectivity index (χ3n) is 3.37. The Balaban J connectivity index is 1.94. The van der Waals surface area contributed by atoms with E-state index in [0.29, 0.717) is 23.9 Å². The van der Waals surface area contributed by atoms with E-state index < -0.39 is 0 Å². The van der Waals surface area contributed by atoms with Crippen molar-refractivity contribution in [2.24, 2.45) is 0 Å². The van der Waals surface area contributed by atoms with E-state index in [1.54, 1.807) is 13.0 Å². The highest BCUT2D eigenvalue weighted by Crippen LogP contribution is 2.32. The third kappa shape index (κ3) is 2.32. The molecule has 0 amide bonds. The molecule has 1 aliphatic rings. The van der Waals surface area contributed by atoms with Gasteiger partial charge in [0.2, 0.25) is 5.89 Å². The SMILES string of the molecule is Cc1cc(F)c2c(c1)CCCN2Cc1nc(C)no1. The lowest BCUT2D eigenvalue weighted by Gasteiger charge is -2.30. The lowest BCUT2D eigenvalue weighted by molar-refractivity contribution is 0.371. The average molecular weight is 261 g/mol. The maximum atomic E-state index is 14.2. The van der Waals surface area contributed by atoms with Gasteiger partial charge in [-0.05, 0) is 43.9 Å². The number of anilines is 1. The van der Waals surface area contributed by atoms with Gasteiger partial charge in [-0.15, -0.1) is 0 Å². The van der Waals surface area contributed by atoms with E-state index in [0.717, 1.165) is 30.5 Å². The molecule has 0 bridgehead atoms. The van der Waals surface area contributed by atoms with Crippen LogP contribution in [0.15, 0.2) is 16.7 Å². The van der Waals surface area contributed by atoms with Crippen LogP contribution in [0.2, 0.25) is 0 Å². The summed E-state index contributed by atoms with van der Waals surface area (Å²) in [7, 11) is 0. The Morgan fingerprint density at radius 2 is 2.21 bits per heavy atom. The number of benzene rings is 1. The van der Waals surface area contributed by atoms with Crippen molar-refractivity contribution < 1.29 is 8.91 Å². The summed E-state index contributed by atoms with van der Waals surface area (Å²) < 4.78 is 19.3. The van der Waals surface area contributed by atoms with Crippen LogP contribution in [0, 0.1) is 19.7 Å². The molecule has 3 rings (SSSR count). The van der Waals surface area contributed by atoms with E-state index in [1.165, 1.54) is 0 Å². The minimum Gasteiger partial charge on any atom is -0.360 e. The molecule has 100 valence electrons. The first-order valence-electron chi connectivity index (χ1n) is 6.46. The molecule has 0 spiro atoms. The normalized spacial score (nSPS) is 14.6. The Hall–Kier alpha value is -1.91. The number of aryl methyl sites for hydroxylation is 3. The molecule has 5 heteroatoms. The number of halogens is 1. The molecule has 0 atom stereocenters. The summed E-state index contributed by atoms with van der Waals surface area (Å²) in [5, 5.41) is 3.77. The molecule has 2 heterocycles. The monoisotopic (exact) mass is 261 g/mol. The van der Waals surface area contributed by atoms with Gasteiger partial charge in [0.25, 0.3) is 0 Å². The second-order valence-corrected chi connectivity index (χ2v) is 5.01. The number of aromatic nitrogens is 2. The van der Waals surface area contributed by atoms with Crippen molar-refractivity contribution in [2.75, 3.05) is 11.4 Å². The molecule has 0 N–H and O–H groups in total. The van der Waals surface area contributed by atoms with Gasteiger partial charge in [-0.25, -0.2) is 4.39 Å². The van der Waals surface area contributed by atoms with Crippen molar-refractivity contribution in [3.05, 3.63) is 40.8 Å². The van der Waals surface area contributed by atoms with Crippen molar-refractivity contribution in [3.8, 4) is 0 Å². The van der Waals surface area contributed by atoms with Gasteiger partial charge in [0, 0.05) is 6.54 Å². The van der Waals surface area contributed by atoms with Gasteiger partial charge >= 0.3 is 0 Å². The molecule has 1 aromatic heterocycles. The van der Waals surface area contributed by atoms with Crippen LogP contribution in [0.3, 0.4) is 0 Å². The summed E-state index contributed by atoms with van der Waals surface area (Å²) in [6, 6.07) is 3.64. The zero-order valence-electron chi connectivity index (χ0n) is 11.1. The minimum absolute atomic E-state index is 0.161. The molecule has 0 fully saturated rings. The van der Waals surface area contributed by atoms with Crippen LogP contribution < -0.4 is 4.90 Å². The Labute approximate surface area is 111 Å². The fraction of sp³-hybridized carbons (Fsp3) is 0.429. The van der Waals surface area contributed by atoms with Crippen LogP contribution >= 0.6 is 0 Å². The Morgan fingerprint density at radius 1 is 1.37 bits per heavy atom. The second-order valence-electron chi connectivity index (χ2n) is 5.01. The third-order valence-corrected chi connectivity index (χ3v) is 3.37. The molecule has 1 aromatic carbocycles. The highest BCUT2D eigenvalue weighted by atomic mass is 19.1. The molecule has 0 saturated heterocycles. The fourth-order valence-electron chi connectivity index (χ4n) is 2.65. The van der Waals surface area contributed by atoms with E-state index in [4.69, 9.17) is 4.52 Å². The minimum atomic E-state index is -0.161. The first kappa shape index (κ1) is 12.1. The van der Waals surface area contributed by atoms with Crippen molar-refractivity contribution in [3.63, 3.8) is 0 Å². The first-order chi connectivity index (χ1) is 9.13. The molecular formula is C14H16FN3O. The lowest BCUT2D eigenvalue weighted by Crippen LogP contribution is -2.30. The molecule has 0 aliphatic carbocycles. The number of hydrogen-bond donors (Lipinski definition) is 0. The van der Waals surface area contributed by atoms with Crippen LogP contribution in [-0.4, -0.2) is 16.7 Å². The Bertz CT molecular complexity index is 609. The summed E-state index contributed by atoms with van der Waals surface area (Å²) in [5.41, 5.74) is 2.72. The fourth-order valence-corrected chi connectivity index (χ4v) is 2.65. The maximum Gasteiger partial charge on any atom is 0.246 e. The quantitative estimate of drug-likeness (QED) is 0.833. The zero-order chi connectivity index (χ0) is 13.4. The highest BCUT2D eigenvalue weighted by Gasteiger charge is 2.22. The van der Waals surface area contributed by atoms with Gasteiger partial charge in [-0.1, -0.05) is 11.2 Å². The smallest absolute Gasteiger partial charge is 0.246 e. The largest absolute Gasteiger partial charge is 0.360 e. The Kier molecular flexibility index (Phi) is 2.97. The van der Waals surface area contributed by atoms with Crippen molar-refractivity contribution in [1.29, 1.82) is 0 Å². The van der Waals surface area contributed by atoms with Crippen LogP contribution in [0.4, 0.5) is 10.1 Å². The lowest BCUT2D eigenvalue weighted by atomic mass is 9.99. The van der Waals surface area contributed by atoms with E-state index in [1.807, 2.05) is 11.8 Å². The summed E-state index contributed by atoms with van der Waals surface area (Å²) >= 11 is 0. The molecule has 0 unspecified atom stereocenters. The van der Waals surface area contributed by atoms with Crippen molar-refractivity contribution in [1.82, 2.24) is 10.1 Å². The van der Waals surface area contributed by atoms with E-state index in [-0.39, 0.29) is 5.82 Å². The van der Waals surface area contributed by atoms with Gasteiger partial charge < -0.3 is 9.42 Å². The number of nitrogens with zero attached hydrogens (tertiary/aromatic N) is 3. The number of fused-ring (bicyclic) bond motifs is 1. The summed E-state index contributed by atoms with van der Waals surface area (Å²) in [4.78, 5) is 6.17. The van der Waals surface area contributed by atoms with Gasteiger partial charge in [0.15, 0.2) is 5.82 Å². The zero-order valence-corrected chi connectivity index (χ0v) is 11.1. The number of rotatable bonds is 2. The van der Waals surface area contributed by atoms with Gasteiger partial charge in [-0.3, -0.25) is 0 Å². The van der Waals surface area contributed by atoms with Gasteiger partial charge in [-0.2, -0.15) is 4.98 Å². The van der Waals surface area contributed by atoms with E-state index in [9.17, 15) is 4.39 Å². The number of hydrogen-bond acceptors (Lipinski definition) is 4. The van der Waals surface area contributed by atoms with Crippen LogP contribution in [0.25, 0.3) is 0 Å². The van der Waals surface area contributed by atoms with Gasteiger partial charge in [0.1, 0.15) is 5.82 Å². The molecule has 0 radical (unpaired) electrons. The second kappa shape index (κ2) is 4.64.